The van der Waals surface area contributed by atoms with Gasteiger partial charge in [-0.25, -0.2) is 0 Å². The molecule has 5 nitrogen and oxygen atoms in total. The molecule has 2 saturated carbocycles. The summed E-state index contributed by atoms with van der Waals surface area (Å²) in [4.78, 5) is 16.1. The Morgan fingerprint density at radius 3 is 2.65 bits per heavy atom. The number of carbonyl (C=O) groups is 1. The van der Waals surface area contributed by atoms with Crippen LogP contribution in [0, 0.1) is 11.8 Å². The van der Waals surface area contributed by atoms with Crippen molar-refractivity contribution in [2.24, 2.45) is 11.8 Å². The number of hydrogen-bond donors (Lipinski definition) is 1. The van der Waals surface area contributed by atoms with Crippen molar-refractivity contribution in [1.82, 2.24) is 10.2 Å². The third-order valence-corrected chi connectivity index (χ3v) is 9.12. The number of nitrogens with one attached hydrogen (secondary N) is 1. The van der Waals surface area contributed by atoms with Crippen LogP contribution < -0.4 is 10.1 Å². The molecule has 3 aliphatic rings. The molecule has 3 aromatic rings. The molecule has 0 aromatic heterocycles. The Morgan fingerprint density at radius 2 is 1.86 bits per heavy atom. The Balaban J connectivity index is 1.29. The summed E-state index contributed by atoms with van der Waals surface area (Å²) < 4.78 is 11.8. The van der Waals surface area contributed by atoms with E-state index in [0.717, 1.165) is 54.8 Å². The van der Waals surface area contributed by atoms with Crippen LogP contribution in [0.2, 0.25) is 0 Å². The van der Waals surface area contributed by atoms with E-state index in [9.17, 15) is 4.79 Å². The number of likely N-dealkylation sites (tertiary alicyclic amines) is 1. The summed E-state index contributed by atoms with van der Waals surface area (Å²) in [5.74, 6) is 2.15. The monoisotopic (exact) mass is 498 g/mol. The number of nitrogens with zero attached hydrogens (tertiary/aromatic N) is 1. The summed E-state index contributed by atoms with van der Waals surface area (Å²) in [6, 6.07) is 22.8. The number of piperidine rings is 1. The molecule has 37 heavy (non-hydrogen) atoms. The SMILES string of the molecule is COc1cccc([C@@]23CCN(CC4CC4)C[C@H]2C(OC)C[C@@H](NC(=O)c2ccc4ccccc4c2)C3)c1. The van der Waals surface area contributed by atoms with Gasteiger partial charge >= 0.3 is 0 Å². The standard InChI is InChI=1S/C32H38N2O3/c1-36-28-9-5-8-26(17-28)32-14-15-34(20-22-10-11-22)21-29(32)30(37-2)18-27(19-32)33-31(35)25-13-12-23-6-3-4-7-24(23)16-25/h3-9,12-13,16-17,22,27,29-30H,10-11,14-15,18-21H2,1-2H3,(H,33,35)/t27-,29+,30?,32+/m1/s1. The number of carbonyl (C=O) groups excluding carboxylic acids is 1. The Labute approximate surface area is 220 Å². The first-order valence-corrected chi connectivity index (χ1v) is 13.8. The van der Waals surface area contributed by atoms with E-state index in [0.29, 0.717) is 11.5 Å². The minimum atomic E-state index is -0.0607. The minimum absolute atomic E-state index is 0.00369. The van der Waals surface area contributed by atoms with Gasteiger partial charge in [0.15, 0.2) is 0 Å². The molecule has 4 atom stereocenters. The van der Waals surface area contributed by atoms with Gasteiger partial charge in [0, 0.05) is 43.1 Å². The third kappa shape index (κ3) is 4.87. The van der Waals surface area contributed by atoms with Crippen LogP contribution in [0.5, 0.6) is 5.75 Å². The van der Waals surface area contributed by atoms with Crippen molar-refractivity contribution in [3.05, 3.63) is 77.9 Å². The molecule has 1 amide bonds. The van der Waals surface area contributed by atoms with Crippen LogP contribution in [0.4, 0.5) is 0 Å². The van der Waals surface area contributed by atoms with Gasteiger partial charge in [-0.3, -0.25) is 4.79 Å². The van der Waals surface area contributed by atoms with Gasteiger partial charge in [-0.2, -0.15) is 0 Å². The summed E-state index contributed by atoms with van der Waals surface area (Å²) in [5, 5.41) is 5.64. The van der Waals surface area contributed by atoms with Crippen LogP contribution in [0.15, 0.2) is 66.7 Å². The summed E-state index contributed by atoms with van der Waals surface area (Å²) >= 11 is 0. The maximum atomic E-state index is 13.5. The van der Waals surface area contributed by atoms with Crippen LogP contribution in [-0.2, 0) is 10.2 Å². The highest BCUT2D eigenvalue weighted by molar-refractivity contribution is 5.98. The molecule has 5 heteroatoms. The quantitative estimate of drug-likeness (QED) is 0.472. The van der Waals surface area contributed by atoms with Crippen molar-refractivity contribution in [2.45, 2.75) is 49.7 Å². The number of methoxy groups -OCH3 is 2. The van der Waals surface area contributed by atoms with Crippen LogP contribution in [0.1, 0.15) is 48.0 Å². The lowest BCUT2D eigenvalue weighted by atomic mass is 9.57. The van der Waals surface area contributed by atoms with Crippen molar-refractivity contribution in [1.29, 1.82) is 0 Å². The van der Waals surface area contributed by atoms with Gasteiger partial charge in [0.05, 0.1) is 13.2 Å². The molecular weight excluding hydrogens is 460 g/mol. The molecule has 1 N–H and O–H groups in total. The molecule has 1 heterocycles. The van der Waals surface area contributed by atoms with Gasteiger partial charge in [-0.1, -0.05) is 42.5 Å². The van der Waals surface area contributed by atoms with Gasteiger partial charge in [0.25, 0.3) is 5.91 Å². The maximum absolute atomic E-state index is 13.5. The number of hydrogen-bond acceptors (Lipinski definition) is 4. The third-order valence-electron chi connectivity index (χ3n) is 9.12. The number of benzene rings is 3. The first-order valence-electron chi connectivity index (χ1n) is 13.8. The summed E-state index contributed by atoms with van der Waals surface area (Å²) in [5.41, 5.74) is 1.97. The molecule has 0 spiro atoms. The molecule has 1 saturated heterocycles. The van der Waals surface area contributed by atoms with Gasteiger partial charge in [0.1, 0.15) is 5.75 Å². The molecule has 0 radical (unpaired) electrons. The van der Waals surface area contributed by atoms with Gasteiger partial charge in [0.2, 0.25) is 0 Å². The first-order chi connectivity index (χ1) is 18.1. The van der Waals surface area contributed by atoms with E-state index in [1.165, 1.54) is 24.9 Å². The molecule has 1 aliphatic heterocycles. The molecule has 6 rings (SSSR count). The molecule has 3 fully saturated rings. The number of ether oxygens (including phenoxy) is 2. The lowest BCUT2D eigenvalue weighted by Gasteiger charge is -2.55. The fourth-order valence-corrected chi connectivity index (χ4v) is 6.99. The fraction of sp³-hybridized carbons (Fsp3) is 0.469. The van der Waals surface area contributed by atoms with E-state index in [1.807, 2.05) is 43.5 Å². The molecule has 3 aromatic carbocycles. The highest BCUT2D eigenvalue weighted by atomic mass is 16.5. The average Bonchev–Trinajstić information content (AvgIpc) is 3.76. The topological polar surface area (TPSA) is 50.8 Å². The predicted molar refractivity (Wildman–Crippen MR) is 147 cm³/mol. The zero-order valence-corrected chi connectivity index (χ0v) is 22.0. The van der Waals surface area contributed by atoms with Crippen molar-refractivity contribution in [2.75, 3.05) is 33.9 Å². The normalized spacial score (nSPS) is 28.0. The predicted octanol–water partition coefficient (Wildman–Crippen LogP) is 5.43. The molecule has 194 valence electrons. The van der Waals surface area contributed by atoms with Crippen molar-refractivity contribution in [3.8, 4) is 5.75 Å². The largest absolute Gasteiger partial charge is 0.497 e. The van der Waals surface area contributed by atoms with Crippen LogP contribution in [-0.4, -0.2) is 56.8 Å². The molecule has 2 aliphatic carbocycles. The van der Waals surface area contributed by atoms with E-state index in [1.54, 1.807) is 7.11 Å². The van der Waals surface area contributed by atoms with E-state index in [-0.39, 0.29) is 23.5 Å². The van der Waals surface area contributed by atoms with E-state index in [4.69, 9.17) is 9.47 Å². The first kappa shape index (κ1) is 24.4. The van der Waals surface area contributed by atoms with Crippen LogP contribution >= 0.6 is 0 Å². The van der Waals surface area contributed by atoms with Gasteiger partial charge in [-0.15, -0.1) is 0 Å². The zero-order valence-electron chi connectivity index (χ0n) is 22.0. The Bertz CT molecular complexity index is 1270. The Morgan fingerprint density at radius 1 is 1.03 bits per heavy atom. The van der Waals surface area contributed by atoms with E-state index >= 15 is 0 Å². The molecule has 0 bridgehead atoms. The summed E-state index contributed by atoms with van der Waals surface area (Å²) in [6.45, 7) is 3.35. The second-order valence-electron chi connectivity index (χ2n) is 11.4. The number of rotatable bonds is 7. The second-order valence-corrected chi connectivity index (χ2v) is 11.4. The van der Waals surface area contributed by atoms with E-state index in [2.05, 4.69) is 40.5 Å². The van der Waals surface area contributed by atoms with Crippen LogP contribution in [0.25, 0.3) is 10.8 Å². The summed E-state index contributed by atoms with van der Waals surface area (Å²) in [7, 11) is 3.58. The zero-order chi connectivity index (χ0) is 25.4. The van der Waals surface area contributed by atoms with Crippen LogP contribution in [0.3, 0.4) is 0 Å². The van der Waals surface area contributed by atoms with Crippen molar-refractivity contribution < 1.29 is 14.3 Å². The maximum Gasteiger partial charge on any atom is 0.251 e. The summed E-state index contributed by atoms with van der Waals surface area (Å²) in [6.07, 6.45) is 5.66. The Kier molecular flexibility index (Phi) is 6.68. The fourth-order valence-electron chi connectivity index (χ4n) is 6.99. The van der Waals surface area contributed by atoms with E-state index < -0.39 is 0 Å². The van der Waals surface area contributed by atoms with Crippen molar-refractivity contribution in [3.63, 3.8) is 0 Å². The number of amides is 1. The van der Waals surface area contributed by atoms with Crippen molar-refractivity contribution >= 4 is 16.7 Å². The smallest absolute Gasteiger partial charge is 0.251 e. The highest BCUT2D eigenvalue weighted by Crippen LogP contribution is 2.51. The molecule has 1 unspecified atom stereocenters. The minimum Gasteiger partial charge on any atom is -0.497 e. The number of fused-ring (bicyclic) bond motifs is 2. The van der Waals surface area contributed by atoms with Gasteiger partial charge < -0.3 is 19.7 Å². The second kappa shape index (κ2) is 10.1. The lowest BCUT2D eigenvalue weighted by molar-refractivity contribution is -0.0678. The van der Waals surface area contributed by atoms with Gasteiger partial charge in [-0.05, 0) is 85.2 Å². The highest BCUT2D eigenvalue weighted by Gasteiger charge is 2.53. The molecular formula is C32H38N2O3. The lowest BCUT2D eigenvalue weighted by Crippen LogP contribution is -2.61. The average molecular weight is 499 g/mol. The Hall–Kier alpha value is -2.89.